The lowest BCUT2D eigenvalue weighted by Gasteiger charge is -2.33. The fourth-order valence-electron chi connectivity index (χ4n) is 5.42. The van der Waals surface area contributed by atoms with Crippen molar-refractivity contribution in [2.45, 2.75) is 90.0 Å². The summed E-state index contributed by atoms with van der Waals surface area (Å²) in [5.74, 6) is -0.456. The molecule has 0 bridgehead atoms. The van der Waals surface area contributed by atoms with E-state index < -0.39 is 45.2 Å². The summed E-state index contributed by atoms with van der Waals surface area (Å²) < 4.78 is 29.4. The van der Waals surface area contributed by atoms with Gasteiger partial charge in [-0.05, 0) is 104 Å². The third kappa shape index (κ3) is 7.06. The second kappa shape index (κ2) is 12.4. The van der Waals surface area contributed by atoms with Crippen molar-refractivity contribution < 1.29 is 23.9 Å². The number of benzene rings is 1. The molecule has 1 saturated heterocycles. The number of fused-ring (bicyclic) bond motifs is 1. The van der Waals surface area contributed by atoms with E-state index in [-0.39, 0.29) is 5.82 Å². The van der Waals surface area contributed by atoms with Gasteiger partial charge in [-0.2, -0.15) is 0 Å². The number of halogens is 1. The number of aromatic nitrogens is 2. The number of amides is 1. The molecule has 1 aliphatic heterocycles. The minimum Gasteiger partial charge on any atom is -0.598 e. The number of pyridine rings is 2. The number of anilines is 1. The summed E-state index contributed by atoms with van der Waals surface area (Å²) in [7, 11) is 0. The Hall–Kier alpha value is -2.77. The van der Waals surface area contributed by atoms with E-state index in [1.807, 2.05) is 77.9 Å². The van der Waals surface area contributed by atoms with Crippen molar-refractivity contribution in [1.29, 1.82) is 0 Å². The highest BCUT2D eigenvalue weighted by molar-refractivity contribution is 7.90. The molecule has 4 heterocycles. The van der Waals surface area contributed by atoms with Gasteiger partial charge in [0.05, 0.1) is 23.0 Å². The number of carbonyl (C=O) groups is 1. The monoisotopic (exact) mass is 684 g/mol. The molecular weight excluding hydrogens is 644 g/mol. The Labute approximate surface area is 282 Å². The molecule has 5 rings (SSSR count). The number of nitrogens with zero attached hydrogens (tertiary/aromatic N) is 3. The number of rotatable bonds is 7. The predicted octanol–water partition coefficient (Wildman–Crippen LogP) is 8.43. The Bertz CT molecular complexity index is 1770. The molecule has 46 heavy (non-hydrogen) atoms. The lowest BCUT2D eigenvalue weighted by molar-refractivity contribution is -0.159. The molecule has 1 fully saturated rings. The maximum absolute atomic E-state index is 13.6. The predicted molar refractivity (Wildman–Crippen MR) is 186 cm³/mol. The summed E-state index contributed by atoms with van der Waals surface area (Å²) in [5, 5.41) is 11.4. The standard InChI is InChI=1S/C34H41ClN4O5S2/c1-31(2,3)39(30(40)41)26-14-13-23(35)27(37-26)28(38-46(42)32(4,5)6)25-17-20-11-10-12-22(29(20)45-25)24-18-21(15-16-36-24)34(9)19-43-33(7,8)44-34/h10-18,28,38H,19H2,1-9H3,(H,40,41)/t28?,34-,46-/m0/s1. The Morgan fingerprint density at radius 3 is 2.46 bits per heavy atom. The quantitative estimate of drug-likeness (QED) is 0.186. The van der Waals surface area contributed by atoms with Crippen LogP contribution in [0.5, 0.6) is 0 Å². The highest BCUT2D eigenvalue weighted by Crippen LogP contribution is 2.43. The van der Waals surface area contributed by atoms with Crippen molar-refractivity contribution in [3.8, 4) is 11.3 Å². The summed E-state index contributed by atoms with van der Waals surface area (Å²) in [6.45, 7) is 17.3. The van der Waals surface area contributed by atoms with E-state index in [1.54, 1.807) is 39.1 Å². The van der Waals surface area contributed by atoms with Gasteiger partial charge in [0.2, 0.25) is 0 Å². The second-order valence-electron chi connectivity index (χ2n) is 14.1. The number of nitrogens with one attached hydrogen (secondary N) is 1. The summed E-state index contributed by atoms with van der Waals surface area (Å²) in [6.07, 6.45) is 0.650. The van der Waals surface area contributed by atoms with Crippen LogP contribution in [0.25, 0.3) is 21.3 Å². The Kier molecular flexibility index (Phi) is 9.28. The van der Waals surface area contributed by atoms with Gasteiger partial charge in [0, 0.05) is 38.2 Å². The molecule has 0 saturated carbocycles. The lowest BCUT2D eigenvalue weighted by atomic mass is 9.96. The largest absolute Gasteiger partial charge is 0.598 e. The van der Waals surface area contributed by atoms with Crippen molar-refractivity contribution in [3.63, 3.8) is 0 Å². The van der Waals surface area contributed by atoms with Crippen LogP contribution in [-0.4, -0.2) is 48.4 Å². The molecule has 3 atom stereocenters. The van der Waals surface area contributed by atoms with Crippen LogP contribution in [0.15, 0.2) is 54.7 Å². The van der Waals surface area contributed by atoms with Crippen LogP contribution >= 0.6 is 22.9 Å². The van der Waals surface area contributed by atoms with Crippen molar-refractivity contribution in [2.24, 2.45) is 0 Å². The maximum Gasteiger partial charge on any atom is 0.413 e. The van der Waals surface area contributed by atoms with Crippen LogP contribution in [0.4, 0.5) is 10.6 Å². The number of thiophene rings is 1. The summed E-state index contributed by atoms with van der Waals surface area (Å²) in [6, 6.07) is 14.6. The van der Waals surface area contributed by atoms with Crippen molar-refractivity contribution in [3.05, 3.63) is 75.9 Å². The van der Waals surface area contributed by atoms with E-state index >= 15 is 0 Å². The zero-order chi connectivity index (χ0) is 33.8. The summed E-state index contributed by atoms with van der Waals surface area (Å²) in [4.78, 5) is 23.8. The maximum atomic E-state index is 13.6. The minimum absolute atomic E-state index is 0.227. The number of hydrogen-bond acceptors (Lipinski definition) is 8. The molecule has 246 valence electrons. The molecule has 3 aromatic heterocycles. The second-order valence-corrected chi connectivity index (χ2v) is 17.6. The smallest absolute Gasteiger partial charge is 0.413 e. The van der Waals surface area contributed by atoms with Gasteiger partial charge in [-0.25, -0.2) is 9.78 Å². The van der Waals surface area contributed by atoms with Gasteiger partial charge in [-0.1, -0.05) is 29.8 Å². The Morgan fingerprint density at radius 1 is 1.13 bits per heavy atom. The van der Waals surface area contributed by atoms with Gasteiger partial charge in [0.15, 0.2) is 5.79 Å². The normalized spacial score (nSPS) is 19.7. The molecule has 0 aliphatic carbocycles. The van der Waals surface area contributed by atoms with E-state index in [0.29, 0.717) is 17.3 Å². The zero-order valence-electron chi connectivity index (χ0n) is 27.6. The van der Waals surface area contributed by atoms with Crippen LogP contribution < -0.4 is 9.62 Å². The van der Waals surface area contributed by atoms with Gasteiger partial charge in [-0.3, -0.25) is 9.88 Å². The highest BCUT2D eigenvalue weighted by Gasteiger charge is 2.43. The number of carboxylic acid groups (broad SMARTS) is 1. The lowest BCUT2D eigenvalue weighted by Crippen LogP contribution is -2.46. The SMILES string of the molecule is CC1(C)OC[C@@](C)(c2ccnc(-c3cccc4cc(C(N[S@@+]([O-])C(C)(C)C)c5nc(N(C(=O)O)C(C)(C)C)ccc5Cl)sc34)c2)O1. The van der Waals surface area contributed by atoms with Gasteiger partial charge in [0.25, 0.3) is 0 Å². The molecule has 0 spiro atoms. The summed E-state index contributed by atoms with van der Waals surface area (Å²) >= 11 is 6.80. The molecule has 12 heteroatoms. The average Bonchev–Trinajstić information content (AvgIpc) is 3.51. The third-order valence-corrected chi connectivity index (χ3v) is 10.8. The highest BCUT2D eigenvalue weighted by atomic mass is 35.5. The van der Waals surface area contributed by atoms with E-state index in [1.165, 1.54) is 16.2 Å². The van der Waals surface area contributed by atoms with Crippen LogP contribution in [0, 0.1) is 0 Å². The Balaban J connectivity index is 1.63. The van der Waals surface area contributed by atoms with Gasteiger partial charge >= 0.3 is 6.09 Å². The first kappa shape index (κ1) is 34.6. The van der Waals surface area contributed by atoms with E-state index in [4.69, 9.17) is 31.0 Å². The average molecular weight is 685 g/mol. The van der Waals surface area contributed by atoms with E-state index in [2.05, 4.69) is 4.72 Å². The van der Waals surface area contributed by atoms with Crippen molar-refractivity contribution in [2.75, 3.05) is 11.5 Å². The molecule has 4 aromatic rings. The minimum atomic E-state index is -1.51. The molecule has 1 amide bonds. The van der Waals surface area contributed by atoms with Crippen LogP contribution in [0.3, 0.4) is 0 Å². The number of hydrogen-bond donors (Lipinski definition) is 2. The first-order valence-electron chi connectivity index (χ1n) is 15.0. The van der Waals surface area contributed by atoms with Gasteiger partial charge in [-0.15, -0.1) is 16.1 Å². The topological polar surface area (TPSA) is 120 Å². The molecule has 1 aromatic carbocycles. The summed E-state index contributed by atoms with van der Waals surface area (Å²) in [5.41, 5.74) is 1.69. The molecular formula is C34H41ClN4O5S2. The molecule has 1 aliphatic rings. The van der Waals surface area contributed by atoms with Gasteiger partial charge < -0.3 is 19.1 Å². The molecule has 9 nitrogen and oxygen atoms in total. The first-order valence-corrected chi connectivity index (χ1v) is 17.3. The van der Waals surface area contributed by atoms with E-state index in [9.17, 15) is 14.5 Å². The molecule has 0 radical (unpaired) electrons. The molecule has 1 unspecified atom stereocenters. The van der Waals surface area contributed by atoms with Crippen LogP contribution in [0.1, 0.15) is 84.5 Å². The fourth-order valence-corrected chi connectivity index (χ4v) is 7.76. The van der Waals surface area contributed by atoms with E-state index in [0.717, 1.165) is 31.8 Å². The zero-order valence-corrected chi connectivity index (χ0v) is 30.0. The van der Waals surface area contributed by atoms with Crippen LogP contribution in [0.2, 0.25) is 5.02 Å². The van der Waals surface area contributed by atoms with Gasteiger partial charge in [0.1, 0.15) is 22.2 Å². The van der Waals surface area contributed by atoms with Crippen molar-refractivity contribution in [1.82, 2.24) is 14.7 Å². The van der Waals surface area contributed by atoms with Crippen LogP contribution in [-0.2, 0) is 26.4 Å². The molecule has 2 N–H and O–H groups in total. The van der Waals surface area contributed by atoms with Crippen molar-refractivity contribution >= 4 is 56.3 Å². The number of ether oxygens (including phenoxy) is 2. The third-order valence-electron chi connectivity index (χ3n) is 7.66. The Morgan fingerprint density at radius 2 is 1.85 bits per heavy atom. The first-order chi connectivity index (χ1) is 21.3. The fraction of sp³-hybridized carbons (Fsp3) is 0.441.